The molecule has 0 aliphatic carbocycles. The second-order valence-corrected chi connectivity index (χ2v) is 7.23. The van der Waals surface area contributed by atoms with Gasteiger partial charge in [0.15, 0.2) is 5.13 Å². The van der Waals surface area contributed by atoms with Crippen LogP contribution >= 0.6 is 22.9 Å². The van der Waals surface area contributed by atoms with Crippen molar-refractivity contribution in [1.82, 2.24) is 14.9 Å². The van der Waals surface area contributed by atoms with Crippen LogP contribution in [0.25, 0.3) is 10.2 Å². The molecule has 1 aromatic carbocycles. The monoisotopic (exact) mass is 362 g/mol. The van der Waals surface area contributed by atoms with Crippen LogP contribution in [0.2, 0.25) is 5.02 Å². The van der Waals surface area contributed by atoms with E-state index in [1.165, 1.54) is 6.20 Å². The summed E-state index contributed by atoms with van der Waals surface area (Å²) in [5, 5.41) is 1.70. The Balaban J connectivity index is 1.44. The van der Waals surface area contributed by atoms with Crippen LogP contribution in [0.1, 0.15) is 5.56 Å². The second-order valence-electron chi connectivity index (χ2n) is 5.81. The number of thiazole rings is 1. The first-order chi connectivity index (χ1) is 11.7. The minimum Gasteiger partial charge on any atom is -0.345 e. The maximum atomic E-state index is 13.7. The fourth-order valence-electron chi connectivity index (χ4n) is 2.91. The molecular weight excluding hydrogens is 347 g/mol. The third-order valence-corrected chi connectivity index (χ3v) is 5.64. The maximum Gasteiger partial charge on any atom is 0.186 e. The lowest BCUT2D eigenvalue weighted by atomic mass is 10.2. The third kappa shape index (κ3) is 3.09. The molecule has 24 heavy (non-hydrogen) atoms. The number of anilines is 1. The Kier molecular flexibility index (Phi) is 4.35. The van der Waals surface area contributed by atoms with Gasteiger partial charge in [0.05, 0.1) is 15.9 Å². The van der Waals surface area contributed by atoms with Gasteiger partial charge in [-0.05, 0) is 18.2 Å². The normalized spacial score (nSPS) is 16.0. The van der Waals surface area contributed by atoms with E-state index in [1.54, 1.807) is 23.6 Å². The van der Waals surface area contributed by atoms with Crippen molar-refractivity contribution < 1.29 is 4.39 Å². The number of rotatable bonds is 3. The van der Waals surface area contributed by atoms with Crippen molar-refractivity contribution in [3.8, 4) is 0 Å². The largest absolute Gasteiger partial charge is 0.345 e. The highest BCUT2D eigenvalue weighted by molar-refractivity contribution is 7.22. The molecule has 1 fully saturated rings. The van der Waals surface area contributed by atoms with Crippen LogP contribution < -0.4 is 4.90 Å². The highest BCUT2D eigenvalue weighted by Gasteiger charge is 2.21. The summed E-state index contributed by atoms with van der Waals surface area (Å²) in [6.45, 7) is 4.14. The summed E-state index contributed by atoms with van der Waals surface area (Å²) in [6.07, 6.45) is 2.91. The molecule has 0 bridgehead atoms. The highest BCUT2D eigenvalue weighted by Crippen LogP contribution is 2.33. The maximum absolute atomic E-state index is 13.7. The molecule has 4 nitrogen and oxygen atoms in total. The SMILES string of the molecule is Fc1cnccc1CN1CCN(c2nc3c(Cl)cccc3s2)CC1. The summed E-state index contributed by atoms with van der Waals surface area (Å²) in [7, 11) is 0. The number of hydrogen-bond donors (Lipinski definition) is 0. The van der Waals surface area contributed by atoms with Gasteiger partial charge in [-0.15, -0.1) is 0 Å². The van der Waals surface area contributed by atoms with E-state index in [4.69, 9.17) is 11.6 Å². The fraction of sp³-hybridized carbons (Fsp3) is 0.294. The van der Waals surface area contributed by atoms with Crippen molar-refractivity contribution in [2.45, 2.75) is 6.54 Å². The summed E-state index contributed by atoms with van der Waals surface area (Å²) < 4.78 is 14.8. The first kappa shape index (κ1) is 15.7. The Labute approximate surface area is 148 Å². The summed E-state index contributed by atoms with van der Waals surface area (Å²) >= 11 is 7.88. The van der Waals surface area contributed by atoms with Gasteiger partial charge in [-0.1, -0.05) is 29.0 Å². The van der Waals surface area contributed by atoms with Crippen LogP contribution in [0.3, 0.4) is 0 Å². The van der Waals surface area contributed by atoms with Gasteiger partial charge < -0.3 is 4.90 Å². The number of benzene rings is 1. The Morgan fingerprint density at radius 1 is 1.17 bits per heavy atom. The molecule has 4 rings (SSSR count). The molecule has 124 valence electrons. The molecule has 3 heterocycles. The zero-order valence-corrected chi connectivity index (χ0v) is 14.5. The Bertz CT molecular complexity index is 861. The van der Waals surface area contributed by atoms with Crippen LogP contribution in [0.15, 0.2) is 36.7 Å². The van der Waals surface area contributed by atoms with E-state index in [0.29, 0.717) is 17.1 Å². The minimum absolute atomic E-state index is 0.235. The summed E-state index contributed by atoms with van der Waals surface area (Å²) in [5.41, 5.74) is 1.57. The number of halogens is 2. The summed E-state index contributed by atoms with van der Waals surface area (Å²) in [6, 6.07) is 7.62. The molecule has 1 aliphatic rings. The van der Waals surface area contributed by atoms with Crippen molar-refractivity contribution in [3.05, 3.63) is 53.1 Å². The number of piperazine rings is 1. The van der Waals surface area contributed by atoms with Gasteiger partial charge in [-0.2, -0.15) is 0 Å². The van der Waals surface area contributed by atoms with Gasteiger partial charge in [0.2, 0.25) is 0 Å². The highest BCUT2D eigenvalue weighted by atomic mass is 35.5. The minimum atomic E-state index is -0.235. The number of aromatic nitrogens is 2. The molecule has 0 unspecified atom stereocenters. The van der Waals surface area contributed by atoms with Gasteiger partial charge in [0.1, 0.15) is 11.3 Å². The molecule has 3 aromatic rings. The van der Waals surface area contributed by atoms with E-state index in [9.17, 15) is 4.39 Å². The summed E-state index contributed by atoms with van der Waals surface area (Å²) in [5.74, 6) is -0.235. The topological polar surface area (TPSA) is 32.3 Å². The van der Waals surface area contributed by atoms with Crippen LogP contribution in [-0.4, -0.2) is 41.0 Å². The van der Waals surface area contributed by atoms with Crippen molar-refractivity contribution in [1.29, 1.82) is 0 Å². The molecule has 7 heteroatoms. The molecule has 0 saturated carbocycles. The second kappa shape index (κ2) is 6.63. The first-order valence-electron chi connectivity index (χ1n) is 7.81. The van der Waals surface area contributed by atoms with Crippen molar-refractivity contribution in [2.75, 3.05) is 31.1 Å². The van der Waals surface area contributed by atoms with Gasteiger partial charge in [-0.3, -0.25) is 9.88 Å². The quantitative estimate of drug-likeness (QED) is 0.709. The van der Waals surface area contributed by atoms with E-state index in [2.05, 4.69) is 19.8 Å². The third-order valence-electron chi connectivity index (χ3n) is 4.25. The van der Waals surface area contributed by atoms with Gasteiger partial charge >= 0.3 is 0 Å². The van der Waals surface area contributed by atoms with Crippen molar-refractivity contribution in [3.63, 3.8) is 0 Å². The van der Waals surface area contributed by atoms with Crippen LogP contribution in [0.5, 0.6) is 0 Å². The molecular formula is C17H16ClFN4S. The van der Waals surface area contributed by atoms with E-state index in [1.807, 2.05) is 18.2 Å². The molecule has 1 saturated heterocycles. The molecule has 0 amide bonds. The predicted octanol–water partition coefficient (Wildman–Crippen LogP) is 3.81. The van der Waals surface area contributed by atoms with Gasteiger partial charge in [-0.25, -0.2) is 9.37 Å². The Hall–Kier alpha value is -1.76. The van der Waals surface area contributed by atoms with Crippen molar-refractivity contribution >= 4 is 38.3 Å². The van der Waals surface area contributed by atoms with E-state index >= 15 is 0 Å². The number of hydrogen-bond acceptors (Lipinski definition) is 5. The number of pyridine rings is 1. The van der Waals surface area contributed by atoms with E-state index in [-0.39, 0.29) is 5.82 Å². The first-order valence-corrected chi connectivity index (χ1v) is 9.01. The molecule has 2 aromatic heterocycles. The van der Waals surface area contributed by atoms with Gasteiger partial charge in [0.25, 0.3) is 0 Å². The van der Waals surface area contributed by atoms with Crippen molar-refractivity contribution in [2.24, 2.45) is 0 Å². The standard InChI is InChI=1S/C17H16ClFN4S/c18-13-2-1-3-15-16(13)21-17(24-15)23-8-6-22(7-9-23)11-12-4-5-20-10-14(12)19/h1-5,10H,6-9,11H2. The lowest BCUT2D eigenvalue weighted by molar-refractivity contribution is 0.246. The lowest BCUT2D eigenvalue weighted by Gasteiger charge is -2.34. The molecule has 0 N–H and O–H groups in total. The number of para-hydroxylation sites is 1. The average Bonchev–Trinajstić information content (AvgIpc) is 3.03. The van der Waals surface area contributed by atoms with Crippen LogP contribution in [0, 0.1) is 5.82 Å². The summed E-state index contributed by atoms with van der Waals surface area (Å²) in [4.78, 5) is 13.0. The molecule has 0 atom stereocenters. The molecule has 1 aliphatic heterocycles. The Morgan fingerprint density at radius 3 is 2.75 bits per heavy atom. The Morgan fingerprint density at radius 2 is 2.00 bits per heavy atom. The van der Waals surface area contributed by atoms with E-state index in [0.717, 1.165) is 41.5 Å². The fourth-order valence-corrected chi connectivity index (χ4v) is 4.23. The number of fused-ring (bicyclic) bond motifs is 1. The lowest BCUT2D eigenvalue weighted by Crippen LogP contribution is -2.46. The predicted molar refractivity (Wildman–Crippen MR) is 96.3 cm³/mol. The van der Waals surface area contributed by atoms with Gasteiger partial charge in [0, 0.05) is 44.5 Å². The van der Waals surface area contributed by atoms with Crippen LogP contribution in [0.4, 0.5) is 9.52 Å². The van der Waals surface area contributed by atoms with Crippen LogP contribution in [-0.2, 0) is 6.54 Å². The average molecular weight is 363 g/mol. The molecule has 0 spiro atoms. The molecule has 0 radical (unpaired) electrons. The smallest absolute Gasteiger partial charge is 0.186 e. The number of nitrogens with zero attached hydrogens (tertiary/aromatic N) is 4. The van der Waals surface area contributed by atoms with E-state index < -0.39 is 0 Å². The zero-order chi connectivity index (χ0) is 16.5. The zero-order valence-electron chi connectivity index (χ0n) is 13.0.